The first-order valence-electron chi connectivity index (χ1n) is 10.3. The maximum absolute atomic E-state index is 13.7. The Hall–Kier alpha value is -2.75. The van der Waals surface area contributed by atoms with Gasteiger partial charge in [0.25, 0.3) is 0 Å². The van der Waals surface area contributed by atoms with Crippen molar-refractivity contribution in [2.24, 2.45) is 4.99 Å². The first-order chi connectivity index (χ1) is 15.2. The summed E-state index contributed by atoms with van der Waals surface area (Å²) < 4.78 is 46.6. The van der Waals surface area contributed by atoms with E-state index in [-0.39, 0.29) is 12.2 Å². The van der Waals surface area contributed by atoms with Crippen molar-refractivity contribution in [2.45, 2.75) is 50.9 Å². The van der Waals surface area contributed by atoms with E-state index in [0.29, 0.717) is 29.5 Å². The zero-order chi connectivity index (χ0) is 23.4. The number of carbonyl (C=O) groups is 1. The van der Waals surface area contributed by atoms with Crippen molar-refractivity contribution in [1.82, 2.24) is 5.32 Å². The molecule has 0 spiro atoms. The van der Waals surface area contributed by atoms with Crippen molar-refractivity contribution in [3.8, 4) is 11.1 Å². The van der Waals surface area contributed by atoms with Gasteiger partial charge in [-0.2, -0.15) is 13.2 Å². The summed E-state index contributed by atoms with van der Waals surface area (Å²) in [4.78, 5) is 15.3. The number of hydrogen-bond donors (Lipinski definition) is 3. The van der Waals surface area contributed by atoms with Gasteiger partial charge >= 0.3 is 12.1 Å². The van der Waals surface area contributed by atoms with Crippen molar-refractivity contribution in [3.63, 3.8) is 0 Å². The lowest BCUT2D eigenvalue weighted by molar-refractivity contribution is -0.106. The van der Waals surface area contributed by atoms with Crippen molar-refractivity contribution in [1.29, 1.82) is 0 Å². The molecule has 2 aromatic rings. The SMILES string of the molecule is CCCCC1N=C(C(F)(F)F)C(CO)(OCc2cccc(-c3ccccc3C(=O)O)c2)N1. The molecule has 0 saturated heterocycles. The number of carboxylic acid groups (broad SMARTS) is 1. The van der Waals surface area contributed by atoms with Crippen LogP contribution in [0.5, 0.6) is 0 Å². The van der Waals surface area contributed by atoms with E-state index >= 15 is 0 Å². The summed E-state index contributed by atoms with van der Waals surface area (Å²) in [6, 6.07) is 13.1. The number of carboxylic acids is 1. The van der Waals surface area contributed by atoms with Gasteiger partial charge in [0.2, 0.25) is 0 Å². The maximum atomic E-state index is 13.7. The second-order valence-electron chi connectivity index (χ2n) is 7.60. The summed E-state index contributed by atoms with van der Waals surface area (Å²) in [5, 5.41) is 22.0. The summed E-state index contributed by atoms with van der Waals surface area (Å²) in [7, 11) is 0. The minimum atomic E-state index is -4.76. The van der Waals surface area contributed by atoms with Crippen LogP contribution in [0.15, 0.2) is 53.5 Å². The highest BCUT2D eigenvalue weighted by molar-refractivity contribution is 5.98. The number of aromatic carboxylic acids is 1. The van der Waals surface area contributed by atoms with E-state index in [1.165, 1.54) is 6.07 Å². The summed E-state index contributed by atoms with van der Waals surface area (Å²) in [5.74, 6) is -1.08. The fraction of sp³-hybridized carbons (Fsp3) is 0.391. The van der Waals surface area contributed by atoms with Gasteiger partial charge in [-0.3, -0.25) is 10.3 Å². The van der Waals surface area contributed by atoms with Crippen LogP contribution in [0.25, 0.3) is 11.1 Å². The number of nitrogens with one attached hydrogen (secondary N) is 1. The Morgan fingerprint density at radius 3 is 2.62 bits per heavy atom. The Morgan fingerprint density at radius 2 is 1.97 bits per heavy atom. The highest BCUT2D eigenvalue weighted by atomic mass is 19.4. The summed E-state index contributed by atoms with van der Waals surface area (Å²) in [6.45, 7) is 0.746. The molecule has 1 heterocycles. The number of nitrogens with zero attached hydrogens (tertiary/aromatic N) is 1. The van der Waals surface area contributed by atoms with E-state index < -0.39 is 36.4 Å². The largest absolute Gasteiger partial charge is 0.478 e. The van der Waals surface area contributed by atoms with Crippen LogP contribution in [-0.2, 0) is 11.3 Å². The highest BCUT2D eigenvalue weighted by Crippen LogP contribution is 2.33. The number of ether oxygens (including phenoxy) is 1. The smallest absolute Gasteiger partial charge is 0.433 e. The Morgan fingerprint density at radius 1 is 1.22 bits per heavy atom. The van der Waals surface area contributed by atoms with E-state index in [0.717, 1.165) is 6.42 Å². The van der Waals surface area contributed by atoms with E-state index in [9.17, 15) is 28.2 Å². The van der Waals surface area contributed by atoms with Crippen LogP contribution in [0.3, 0.4) is 0 Å². The Labute approximate surface area is 183 Å². The summed E-state index contributed by atoms with van der Waals surface area (Å²) in [5.41, 5.74) is -1.63. The van der Waals surface area contributed by atoms with Gasteiger partial charge in [0.05, 0.1) is 18.8 Å². The van der Waals surface area contributed by atoms with Gasteiger partial charge < -0.3 is 14.9 Å². The van der Waals surface area contributed by atoms with Gasteiger partial charge in [0.1, 0.15) is 6.17 Å². The molecule has 6 nitrogen and oxygen atoms in total. The minimum Gasteiger partial charge on any atom is -0.478 e. The number of unbranched alkanes of at least 4 members (excludes halogenated alkanes) is 1. The van der Waals surface area contributed by atoms with Gasteiger partial charge in [0.15, 0.2) is 11.4 Å². The molecule has 0 aromatic heterocycles. The summed E-state index contributed by atoms with van der Waals surface area (Å²) >= 11 is 0. The average molecular weight is 450 g/mol. The lowest BCUT2D eigenvalue weighted by Crippen LogP contribution is -2.58. The van der Waals surface area contributed by atoms with Crippen LogP contribution in [0.4, 0.5) is 13.2 Å². The van der Waals surface area contributed by atoms with Crippen LogP contribution < -0.4 is 5.32 Å². The van der Waals surface area contributed by atoms with Crippen LogP contribution >= 0.6 is 0 Å². The van der Waals surface area contributed by atoms with Crippen LogP contribution in [0.1, 0.15) is 42.1 Å². The number of benzene rings is 2. The molecule has 2 aromatic carbocycles. The van der Waals surface area contributed by atoms with Gasteiger partial charge in [-0.1, -0.05) is 56.2 Å². The monoisotopic (exact) mass is 450 g/mol. The van der Waals surface area contributed by atoms with Crippen LogP contribution in [-0.4, -0.2) is 46.6 Å². The molecule has 3 rings (SSSR count). The van der Waals surface area contributed by atoms with Crippen molar-refractivity contribution in [3.05, 3.63) is 59.7 Å². The first-order valence-corrected chi connectivity index (χ1v) is 10.3. The second-order valence-corrected chi connectivity index (χ2v) is 7.60. The van der Waals surface area contributed by atoms with E-state index in [1.807, 2.05) is 6.92 Å². The van der Waals surface area contributed by atoms with E-state index in [4.69, 9.17) is 4.74 Å². The Bertz CT molecular complexity index is 993. The Kier molecular flexibility index (Phi) is 7.33. The molecule has 0 aliphatic carbocycles. The Balaban J connectivity index is 1.85. The molecule has 9 heteroatoms. The normalized spacial score (nSPS) is 20.9. The number of aliphatic imine (C=N–C) groups is 1. The lowest BCUT2D eigenvalue weighted by atomic mass is 9.98. The zero-order valence-corrected chi connectivity index (χ0v) is 17.5. The maximum Gasteiger partial charge on any atom is 0.433 e. The molecule has 0 fully saturated rings. The first kappa shape index (κ1) is 23.9. The molecule has 1 aliphatic rings. The molecule has 0 amide bonds. The van der Waals surface area contributed by atoms with E-state index in [1.54, 1.807) is 42.5 Å². The summed E-state index contributed by atoms with van der Waals surface area (Å²) in [6.07, 6.45) is -3.69. The van der Waals surface area contributed by atoms with Crippen molar-refractivity contribution >= 4 is 11.7 Å². The standard InChI is InChI=1S/C23H25F3N2O4/c1-2-3-11-19-27-21(23(24,25)26)22(14-29,28-19)32-13-15-7-6-8-16(12-15)17-9-4-5-10-18(17)20(30)31/h4-10,12,19,28-29H,2-3,11,13-14H2,1H3,(H,30,31). The third kappa shape index (κ3) is 5.17. The third-order valence-corrected chi connectivity index (χ3v) is 5.27. The van der Waals surface area contributed by atoms with Gasteiger partial charge in [-0.05, 0) is 35.2 Å². The zero-order valence-electron chi connectivity index (χ0n) is 17.5. The average Bonchev–Trinajstić information content (AvgIpc) is 3.16. The quantitative estimate of drug-likeness (QED) is 0.528. The minimum absolute atomic E-state index is 0.111. The van der Waals surface area contributed by atoms with Gasteiger partial charge in [0, 0.05) is 0 Å². The molecule has 2 unspecified atom stereocenters. The third-order valence-electron chi connectivity index (χ3n) is 5.27. The molecule has 172 valence electrons. The second kappa shape index (κ2) is 9.81. The number of rotatable bonds is 9. The number of alkyl halides is 3. The molecule has 1 aliphatic heterocycles. The molecular weight excluding hydrogens is 425 g/mol. The molecule has 0 saturated carbocycles. The molecule has 0 radical (unpaired) electrons. The fourth-order valence-electron chi connectivity index (χ4n) is 3.70. The lowest BCUT2D eigenvalue weighted by Gasteiger charge is -2.31. The van der Waals surface area contributed by atoms with Crippen LogP contribution in [0.2, 0.25) is 0 Å². The number of halogens is 3. The molecule has 0 bridgehead atoms. The number of aliphatic hydroxyl groups is 1. The van der Waals surface area contributed by atoms with E-state index in [2.05, 4.69) is 10.3 Å². The molecule has 32 heavy (non-hydrogen) atoms. The number of aliphatic hydroxyl groups excluding tert-OH is 1. The number of hydrogen-bond acceptors (Lipinski definition) is 5. The van der Waals surface area contributed by atoms with Gasteiger partial charge in [-0.25, -0.2) is 4.79 Å². The van der Waals surface area contributed by atoms with Crippen molar-refractivity contribution < 1.29 is 32.9 Å². The topological polar surface area (TPSA) is 91.2 Å². The molecule has 2 atom stereocenters. The fourth-order valence-corrected chi connectivity index (χ4v) is 3.70. The highest BCUT2D eigenvalue weighted by Gasteiger charge is 2.55. The van der Waals surface area contributed by atoms with Crippen LogP contribution in [0, 0.1) is 0 Å². The van der Waals surface area contributed by atoms with Crippen molar-refractivity contribution in [2.75, 3.05) is 6.61 Å². The molecular formula is C23H25F3N2O4. The molecule has 3 N–H and O–H groups in total. The predicted molar refractivity (Wildman–Crippen MR) is 113 cm³/mol. The van der Waals surface area contributed by atoms with Gasteiger partial charge in [-0.15, -0.1) is 0 Å². The predicted octanol–water partition coefficient (Wildman–Crippen LogP) is 4.38.